The highest BCUT2D eigenvalue weighted by Crippen LogP contribution is 2.28. The Morgan fingerprint density at radius 2 is 2.25 bits per heavy atom. The molecule has 2 N–H and O–H groups in total. The van der Waals surface area contributed by atoms with Crippen molar-refractivity contribution in [2.75, 3.05) is 13.7 Å². The van der Waals surface area contributed by atoms with Gasteiger partial charge in [-0.05, 0) is 38.0 Å². The number of rotatable bonds is 4. The van der Waals surface area contributed by atoms with Crippen LogP contribution in [0.5, 0.6) is 5.75 Å². The Hall–Kier alpha value is -1.57. The molecule has 20 heavy (non-hydrogen) atoms. The molecule has 4 nitrogen and oxygen atoms in total. The van der Waals surface area contributed by atoms with E-state index in [9.17, 15) is 0 Å². The molecule has 0 aliphatic carbocycles. The minimum absolute atomic E-state index is 0.425. The monoisotopic (exact) mass is 273 g/mol. The SMILES string of the molecule is COc1ccc(C#N)cc1CN1C(C)CCCC1CN. The first-order valence-corrected chi connectivity index (χ1v) is 7.22. The smallest absolute Gasteiger partial charge is 0.123 e. The van der Waals surface area contributed by atoms with Crippen molar-refractivity contribution in [3.05, 3.63) is 29.3 Å². The lowest BCUT2D eigenvalue weighted by atomic mass is 9.95. The van der Waals surface area contributed by atoms with Crippen LogP contribution in [0.2, 0.25) is 0 Å². The van der Waals surface area contributed by atoms with E-state index in [2.05, 4.69) is 17.9 Å². The Bertz CT molecular complexity index is 495. The van der Waals surface area contributed by atoms with Gasteiger partial charge in [0, 0.05) is 30.7 Å². The minimum atomic E-state index is 0.425. The van der Waals surface area contributed by atoms with Crippen molar-refractivity contribution in [3.8, 4) is 11.8 Å². The highest BCUT2D eigenvalue weighted by atomic mass is 16.5. The molecule has 1 aromatic carbocycles. The second-order valence-electron chi connectivity index (χ2n) is 5.48. The zero-order valence-corrected chi connectivity index (χ0v) is 12.3. The van der Waals surface area contributed by atoms with Gasteiger partial charge in [0.15, 0.2) is 0 Å². The van der Waals surface area contributed by atoms with E-state index in [0.717, 1.165) is 24.3 Å². The standard InChI is InChI=1S/C16H23N3O/c1-12-4-3-5-15(10-18)19(12)11-14-8-13(9-17)6-7-16(14)20-2/h6-8,12,15H,3-5,10-11,18H2,1-2H3. The molecule has 2 unspecified atom stereocenters. The molecule has 1 fully saturated rings. The number of benzene rings is 1. The van der Waals surface area contributed by atoms with Crippen LogP contribution in [0.25, 0.3) is 0 Å². The zero-order valence-electron chi connectivity index (χ0n) is 12.3. The lowest BCUT2D eigenvalue weighted by molar-refractivity contribution is 0.0883. The normalized spacial score (nSPS) is 23.3. The third-order valence-electron chi connectivity index (χ3n) is 4.23. The summed E-state index contributed by atoms with van der Waals surface area (Å²) < 4.78 is 5.42. The molecule has 0 aromatic heterocycles. The van der Waals surface area contributed by atoms with Crippen LogP contribution in [-0.4, -0.2) is 30.6 Å². The summed E-state index contributed by atoms with van der Waals surface area (Å²) in [6, 6.07) is 8.73. The van der Waals surface area contributed by atoms with Crippen LogP contribution in [0.3, 0.4) is 0 Å². The van der Waals surface area contributed by atoms with Gasteiger partial charge in [0.2, 0.25) is 0 Å². The summed E-state index contributed by atoms with van der Waals surface area (Å²) in [5.41, 5.74) is 7.65. The van der Waals surface area contributed by atoms with E-state index < -0.39 is 0 Å². The third kappa shape index (κ3) is 3.12. The molecular formula is C16H23N3O. The van der Waals surface area contributed by atoms with Crippen molar-refractivity contribution in [2.24, 2.45) is 5.73 Å². The topological polar surface area (TPSA) is 62.3 Å². The zero-order chi connectivity index (χ0) is 14.5. The molecule has 0 saturated carbocycles. The number of hydrogen-bond donors (Lipinski definition) is 1. The predicted octanol–water partition coefficient (Wildman–Crippen LogP) is 2.27. The number of piperidine rings is 1. The van der Waals surface area contributed by atoms with Crippen LogP contribution < -0.4 is 10.5 Å². The van der Waals surface area contributed by atoms with Crippen molar-refractivity contribution in [2.45, 2.75) is 44.8 Å². The van der Waals surface area contributed by atoms with Crippen LogP contribution in [-0.2, 0) is 6.54 Å². The van der Waals surface area contributed by atoms with E-state index in [-0.39, 0.29) is 0 Å². The lowest BCUT2D eigenvalue weighted by Crippen LogP contribution is -2.48. The van der Waals surface area contributed by atoms with E-state index in [1.165, 1.54) is 12.8 Å². The Morgan fingerprint density at radius 3 is 2.90 bits per heavy atom. The fourth-order valence-corrected chi connectivity index (χ4v) is 3.05. The number of hydrogen-bond acceptors (Lipinski definition) is 4. The van der Waals surface area contributed by atoms with Gasteiger partial charge in [-0.3, -0.25) is 4.90 Å². The number of nitriles is 1. The molecule has 1 aliphatic rings. The Labute approximate surface area is 121 Å². The number of methoxy groups -OCH3 is 1. The van der Waals surface area contributed by atoms with Crippen LogP contribution >= 0.6 is 0 Å². The minimum Gasteiger partial charge on any atom is -0.496 e. The highest BCUT2D eigenvalue weighted by molar-refractivity contribution is 5.42. The molecule has 0 bridgehead atoms. The van der Waals surface area contributed by atoms with Crippen LogP contribution in [0, 0.1) is 11.3 Å². The molecule has 0 radical (unpaired) electrons. The van der Waals surface area contributed by atoms with Crippen molar-refractivity contribution in [3.63, 3.8) is 0 Å². The Kier molecular flexibility index (Phi) is 4.99. The van der Waals surface area contributed by atoms with E-state index in [1.54, 1.807) is 13.2 Å². The van der Waals surface area contributed by atoms with Gasteiger partial charge in [0.25, 0.3) is 0 Å². The summed E-state index contributed by atoms with van der Waals surface area (Å²) >= 11 is 0. The first kappa shape index (κ1) is 14.8. The first-order valence-electron chi connectivity index (χ1n) is 7.22. The average Bonchev–Trinajstić information content (AvgIpc) is 2.49. The van der Waals surface area contributed by atoms with Gasteiger partial charge in [-0.15, -0.1) is 0 Å². The molecule has 108 valence electrons. The van der Waals surface area contributed by atoms with Gasteiger partial charge in [0.05, 0.1) is 18.7 Å². The van der Waals surface area contributed by atoms with E-state index >= 15 is 0 Å². The molecule has 1 aliphatic heterocycles. The maximum absolute atomic E-state index is 9.06. The summed E-state index contributed by atoms with van der Waals surface area (Å²) in [7, 11) is 1.67. The fraction of sp³-hybridized carbons (Fsp3) is 0.562. The van der Waals surface area contributed by atoms with Gasteiger partial charge < -0.3 is 10.5 Å². The fourth-order valence-electron chi connectivity index (χ4n) is 3.05. The van der Waals surface area contributed by atoms with Crippen LogP contribution in [0.1, 0.15) is 37.3 Å². The van der Waals surface area contributed by atoms with E-state index in [1.807, 2.05) is 12.1 Å². The van der Waals surface area contributed by atoms with Gasteiger partial charge in [-0.1, -0.05) is 6.42 Å². The van der Waals surface area contributed by atoms with E-state index in [4.69, 9.17) is 15.7 Å². The largest absolute Gasteiger partial charge is 0.496 e. The van der Waals surface area contributed by atoms with Crippen molar-refractivity contribution < 1.29 is 4.74 Å². The van der Waals surface area contributed by atoms with Crippen LogP contribution in [0.15, 0.2) is 18.2 Å². The highest BCUT2D eigenvalue weighted by Gasteiger charge is 2.27. The molecule has 1 heterocycles. The van der Waals surface area contributed by atoms with Gasteiger partial charge in [-0.25, -0.2) is 0 Å². The van der Waals surface area contributed by atoms with E-state index in [0.29, 0.717) is 24.2 Å². The number of nitrogens with zero attached hydrogens (tertiary/aromatic N) is 2. The molecule has 0 amide bonds. The third-order valence-corrected chi connectivity index (χ3v) is 4.23. The molecule has 2 atom stereocenters. The van der Waals surface area contributed by atoms with Gasteiger partial charge >= 0.3 is 0 Å². The number of ether oxygens (including phenoxy) is 1. The molecule has 2 rings (SSSR count). The van der Waals surface area contributed by atoms with Gasteiger partial charge in [-0.2, -0.15) is 5.26 Å². The average molecular weight is 273 g/mol. The maximum Gasteiger partial charge on any atom is 0.123 e. The van der Waals surface area contributed by atoms with Gasteiger partial charge in [0.1, 0.15) is 5.75 Å². The number of likely N-dealkylation sites (tertiary alicyclic amines) is 1. The van der Waals surface area contributed by atoms with Crippen molar-refractivity contribution in [1.29, 1.82) is 5.26 Å². The van der Waals surface area contributed by atoms with Crippen molar-refractivity contribution in [1.82, 2.24) is 4.90 Å². The first-order chi connectivity index (χ1) is 9.69. The Balaban J connectivity index is 2.25. The van der Waals surface area contributed by atoms with Crippen molar-refractivity contribution >= 4 is 0 Å². The maximum atomic E-state index is 9.06. The molecule has 4 heteroatoms. The summed E-state index contributed by atoms with van der Waals surface area (Å²) in [6.45, 7) is 3.73. The predicted molar refractivity (Wildman–Crippen MR) is 79.4 cm³/mol. The quantitative estimate of drug-likeness (QED) is 0.914. The lowest BCUT2D eigenvalue weighted by Gasteiger charge is -2.40. The number of nitrogens with two attached hydrogens (primary N) is 1. The molecule has 1 aromatic rings. The summed E-state index contributed by atoms with van der Waals surface area (Å²) in [6.07, 6.45) is 3.60. The Morgan fingerprint density at radius 1 is 1.45 bits per heavy atom. The molecule has 0 spiro atoms. The summed E-state index contributed by atoms with van der Waals surface area (Å²) in [5, 5.41) is 9.06. The molecular weight excluding hydrogens is 250 g/mol. The van der Waals surface area contributed by atoms with Crippen LogP contribution in [0.4, 0.5) is 0 Å². The molecule has 1 saturated heterocycles. The second kappa shape index (κ2) is 6.74. The second-order valence-corrected chi connectivity index (χ2v) is 5.48. The summed E-state index contributed by atoms with van der Waals surface area (Å²) in [5.74, 6) is 0.845. The summed E-state index contributed by atoms with van der Waals surface area (Å²) in [4.78, 5) is 2.45.